The van der Waals surface area contributed by atoms with Crippen molar-refractivity contribution in [1.82, 2.24) is 0 Å². The smallest absolute Gasteiger partial charge is 0.128 e. The molecule has 0 unspecified atom stereocenters. The van der Waals surface area contributed by atoms with E-state index in [0.29, 0.717) is 11.5 Å². The zero-order chi connectivity index (χ0) is 13.1. The first-order chi connectivity index (χ1) is 8.63. The minimum absolute atomic E-state index is 0.228. The quantitative estimate of drug-likeness (QED) is 0.863. The van der Waals surface area contributed by atoms with Crippen LogP contribution in [0.15, 0.2) is 42.5 Å². The van der Waals surface area contributed by atoms with Crippen LogP contribution in [-0.4, -0.2) is 0 Å². The molecular formula is C16H18FN. The Balaban J connectivity index is 2.52. The van der Waals surface area contributed by atoms with Crippen LogP contribution in [-0.2, 0) is 6.54 Å². The van der Waals surface area contributed by atoms with Gasteiger partial charge >= 0.3 is 0 Å². The lowest BCUT2D eigenvalue weighted by molar-refractivity contribution is 0.611. The Hall–Kier alpha value is -1.67. The van der Waals surface area contributed by atoms with E-state index in [1.165, 1.54) is 5.56 Å². The molecular weight excluding hydrogens is 225 g/mol. The zero-order valence-corrected chi connectivity index (χ0v) is 10.8. The predicted molar refractivity (Wildman–Crippen MR) is 73.8 cm³/mol. The maximum absolute atomic E-state index is 13.8. The van der Waals surface area contributed by atoms with Crippen LogP contribution in [0, 0.1) is 5.82 Å². The third kappa shape index (κ3) is 2.44. The van der Waals surface area contributed by atoms with Crippen molar-refractivity contribution in [3.8, 4) is 11.1 Å². The number of nitrogens with two attached hydrogens (primary N) is 1. The lowest BCUT2D eigenvalue weighted by atomic mass is 9.92. The molecule has 0 aromatic heterocycles. The Bertz CT molecular complexity index is 547. The van der Waals surface area contributed by atoms with Crippen LogP contribution in [0.1, 0.15) is 30.9 Å². The molecule has 0 aliphatic rings. The molecule has 0 aliphatic heterocycles. The topological polar surface area (TPSA) is 26.0 Å². The van der Waals surface area contributed by atoms with Gasteiger partial charge in [-0.05, 0) is 28.7 Å². The van der Waals surface area contributed by atoms with Crippen molar-refractivity contribution in [2.24, 2.45) is 5.73 Å². The first-order valence-electron chi connectivity index (χ1n) is 6.21. The van der Waals surface area contributed by atoms with E-state index >= 15 is 0 Å². The predicted octanol–water partition coefficient (Wildman–Crippen LogP) is 4.07. The zero-order valence-electron chi connectivity index (χ0n) is 10.8. The molecule has 0 amide bonds. The van der Waals surface area contributed by atoms with Gasteiger partial charge in [0.2, 0.25) is 0 Å². The summed E-state index contributed by atoms with van der Waals surface area (Å²) in [5.41, 5.74) is 9.27. The normalized spacial score (nSPS) is 10.9. The molecule has 2 heteroatoms. The van der Waals surface area contributed by atoms with Crippen molar-refractivity contribution in [1.29, 1.82) is 0 Å². The highest BCUT2D eigenvalue weighted by Gasteiger charge is 2.09. The summed E-state index contributed by atoms with van der Waals surface area (Å²) in [6, 6.07) is 13.4. The third-order valence-corrected chi connectivity index (χ3v) is 3.17. The van der Waals surface area contributed by atoms with Crippen molar-refractivity contribution in [2.45, 2.75) is 26.3 Å². The first kappa shape index (κ1) is 12.8. The van der Waals surface area contributed by atoms with Crippen LogP contribution in [0.5, 0.6) is 0 Å². The summed E-state index contributed by atoms with van der Waals surface area (Å²) in [7, 11) is 0. The lowest BCUT2D eigenvalue weighted by Crippen LogP contribution is -2.00. The molecule has 0 spiro atoms. The molecule has 0 aliphatic carbocycles. The van der Waals surface area contributed by atoms with Crippen LogP contribution < -0.4 is 5.73 Å². The van der Waals surface area contributed by atoms with Crippen LogP contribution in [0.25, 0.3) is 11.1 Å². The number of benzene rings is 2. The van der Waals surface area contributed by atoms with E-state index in [2.05, 4.69) is 19.9 Å². The van der Waals surface area contributed by atoms with Crippen molar-refractivity contribution in [3.63, 3.8) is 0 Å². The second-order valence-corrected chi connectivity index (χ2v) is 4.75. The van der Waals surface area contributed by atoms with Gasteiger partial charge in [-0.1, -0.05) is 50.2 Å². The fourth-order valence-electron chi connectivity index (χ4n) is 2.14. The maximum Gasteiger partial charge on any atom is 0.128 e. The van der Waals surface area contributed by atoms with Gasteiger partial charge in [0, 0.05) is 12.1 Å². The highest BCUT2D eigenvalue weighted by molar-refractivity contribution is 5.68. The summed E-state index contributed by atoms with van der Waals surface area (Å²) in [5.74, 6) is 0.187. The average Bonchev–Trinajstić information content (AvgIpc) is 2.38. The standard InChI is InChI=1S/C16H18FN/c1-11(2)14-5-3-4-6-15(14)12-7-8-13(10-18)16(17)9-12/h3-9,11H,10,18H2,1-2H3. The molecule has 2 aromatic rings. The molecule has 0 bridgehead atoms. The highest BCUT2D eigenvalue weighted by Crippen LogP contribution is 2.29. The van der Waals surface area contributed by atoms with Crippen molar-refractivity contribution in [3.05, 3.63) is 59.4 Å². The summed E-state index contributed by atoms with van der Waals surface area (Å²) >= 11 is 0. The number of halogens is 1. The van der Waals surface area contributed by atoms with E-state index < -0.39 is 0 Å². The lowest BCUT2D eigenvalue weighted by Gasteiger charge is -2.13. The van der Waals surface area contributed by atoms with Gasteiger partial charge in [-0.3, -0.25) is 0 Å². The van der Waals surface area contributed by atoms with Gasteiger partial charge in [-0.15, -0.1) is 0 Å². The Morgan fingerprint density at radius 2 is 1.83 bits per heavy atom. The largest absolute Gasteiger partial charge is 0.326 e. The van der Waals surface area contributed by atoms with Gasteiger partial charge in [-0.25, -0.2) is 4.39 Å². The van der Waals surface area contributed by atoms with E-state index in [4.69, 9.17) is 5.73 Å². The Morgan fingerprint density at radius 1 is 1.11 bits per heavy atom. The molecule has 2 rings (SSSR count). The number of hydrogen-bond acceptors (Lipinski definition) is 1. The van der Waals surface area contributed by atoms with Crippen LogP contribution in [0.4, 0.5) is 4.39 Å². The fraction of sp³-hybridized carbons (Fsp3) is 0.250. The molecule has 0 saturated heterocycles. The van der Waals surface area contributed by atoms with E-state index in [1.807, 2.05) is 24.3 Å². The molecule has 0 heterocycles. The maximum atomic E-state index is 13.8. The Kier molecular flexibility index (Phi) is 3.78. The van der Waals surface area contributed by atoms with Gasteiger partial charge in [0.05, 0.1) is 0 Å². The highest BCUT2D eigenvalue weighted by atomic mass is 19.1. The van der Waals surface area contributed by atoms with Gasteiger partial charge in [0.25, 0.3) is 0 Å². The molecule has 94 valence electrons. The summed E-state index contributed by atoms with van der Waals surface area (Å²) in [6.45, 7) is 4.52. The average molecular weight is 243 g/mol. The van der Waals surface area contributed by atoms with Gasteiger partial charge in [-0.2, -0.15) is 0 Å². The van der Waals surface area contributed by atoms with Gasteiger partial charge in [0.1, 0.15) is 5.82 Å². The van der Waals surface area contributed by atoms with E-state index in [0.717, 1.165) is 11.1 Å². The first-order valence-corrected chi connectivity index (χ1v) is 6.21. The molecule has 0 saturated carbocycles. The van der Waals surface area contributed by atoms with Crippen molar-refractivity contribution < 1.29 is 4.39 Å². The van der Waals surface area contributed by atoms with Crippen molar-refractivity contribution >= 4 is 0 Å². The molecule has 18 heavy (non-hydrogen) atoms. The summed E-state index contributed by atoms with van der Waals surface area (Å²) in [6.07, 6.45) is 0. The number of hydrogen-bond donors (Lipinski definition) is 1. The summed E-state index contributed by atoms with van der Waals surface area (Å²) in [4.78, 5) is 0. The molecule has 2 N–H and O–H groups in total. The fourth-order valence-corrected chi connectivity index (χ4v) is 2.14. The summed E-state index contributed by atoms with van der Waals surface area (Å²) < 4.78 is 13.8. The molecule has 2 aromatic carbocycles. The minimum atomic E-state index is -0.228. The molecule has 0 radical (unpaired) electrons. The van der Waals surface area contributed by atoms with Gasteiger partial charge in [0.15, 0.2) is 0 Å². The van der Waals surface area contributed by atoms with Crippen LogP contribution in [0.2, 0.25) is 0 Å². The van der Waals surface area contributed by atoms with Crippen LogP contribution in [0.3, 0.4) is 0 Å². The van der Waals surface area contributed by atoms with Crippen LogP contribution >= 0.6 is 0 Å². The Labute approximate surface area is 107 Å². The minimum Gasteiger partial charge on any atom is -0.326 e. The third-order valence-electron chi connectivity index (χ3n) is 3.17. The molecule has 1 nitrogen and oxygen atoms in total. The molecule has 0 atom stereocenters. The Morgan fingerprint density at radius 3 is 2.44 bits per heavy atom. The molecule has 0 fully saturated rings. The van der Waals surface area contributed by atoms with E-state index in [-0.39, 0.29) is 12.4 Å². The van der Waals surface area contributed by atoms with E-state index in [9.17, 15) is 4.39 Å². The van der Waals surface area contributed by atoms with Crippen molar-refractivity contribution in [2.75, 3.05) is 0 Å². The summed E-state index contributed by atoms with van der Waals surface area (Å²) in [5, 5.41) is 0. The van der Waals surface area contributed by atoms with E-state index in [1.54, 1.807) is 12.1 Å². The second kappa shape index (κ2) is 5.32. The van der Waals surface area contributed by atoms with Gasteiger partial charge < -0.3 is 5.73 Å². The second-order valence-electron chi connectivity index (χ2n) is 4.75. The SMILES string of the molecule is CC(C)c1ccccc1-c1ccc(CN)c(F)c1. The monoisotopic (exact) mass is 243 g/mol. The number of rotatable bonds is 3.